The van der Waals surface area contributed by atoms with Gasteiger partial charge in [-0.1, -0.05) is 19.1 Å². The van der Waals surface area contributed by atoms with Gasteiger partial charge in [0.05, 0.1) is 25.7 Å². The Morgan fingerprint density at radius 1 is 1.36 bits per heavy atom. The maximum Gasteiger partial charge on any atom is 0.310 e. The van der Waals surface area contributed by atoms with Crippen LogP contribution < -0.4 is 4.74 Å². The van der Waals surface area contributed by atoms with E-state index in [4.69, 9.17) is 9.47 Å². The number of amides is 1. The van der Waals surface area contributed by atoms with Crippen molar-refractivity contribution in [2.45, 2.75) is 32.7 Å². The summed E-state index contributed by atoms with van der Waals surface area (Å²) in [6.45, 7) is 5.15. The number of ether oxygens (including phenoxy) is 2. The molecular weight excluding hydrogens is 282 g/mol. The fourth-order valence-electron chi connectivity index (χ4n) is 2.67. The van der Waals surface area contributed by atoms with Crippen LogP contribution in [0, 0.1) is 5.92 Å². The quantitative estimate of drug-likeness (QED) is 0.758. The minimum atomic E-state index is -0.355. The van der Waals surface area contributed by atoms with Gasteiger partial charge in [-0.15, -0.1) is 0 Å². The standard InChI is InChI=1S/C17H23NO4/c1-4-9-22-15-7-5-13(6-8-15)12(2)18-11-14(10-16(18)19)17(20)21-3/h5-8,12,14H,4,9-11H2,1-3H3. The third-order valence-corrected chi connectivity index (χ3v) is 4.00. The van der Waals surface area contributed by atoms with E-state index in [0.717, 1.165) is 17.7 Å². The van der Waals surface area contributed by atoms with Gasteiger partial charge in [0, 0.05) is 13.0 Å². The van der Waals surface area contributed by atoms with Gasteiger partial charge in [0.1, 0.15) is 5.75 Å². The SMILES string of the molecule is CCCOc1ccc(C(C)N2CC(C(=O)OC)CC2=O)cc1. The van der Waals surface area contributed by atoms with Crippen LogP contribution in [0.2, 0.25) is 0 Å². The molecule has 2 unspecified atom stereocenters. The maximum absolute atomic E-state index is 12.1. The highest BCUT2D eigenvalue weighted by Gasteiger charge is 2.37. The summed E-state index contributed by atoms with van der Waals surface area (Å²) in [5.74, 6) is 0.158. The largest absolute Gasteiger partial charge is 0.494 e. The third kappa shape index (κ3) is 3.59. The van der Waals surface area contributed by atoms with E-state index in [0.29, 0.717) is 13.2 Å². The second-order valence-corrected chi connectivity index (χ2v) is 5.56. The van der Waals surface area contributed by atoms with E-state index in [9.17, 15) is 9.59 Å². The highest BCUT2D eigenvalue weighted by Crippen LogP contribution is 2.29. The number of hydrogen-bond acceptors (Lipinski definition) is 4. The van der Waals surface area contributed by atoms with Gasteiger partial charge in [-0.25, -0.2) is 0 Å². The number of nitrogens with zero attached hydrogens (tertiary/aromatic N) is 1. The van der Waals surface area contributed by atoms with Crippen LogP contribution in [0.15, 0.2) is 24.3 Å². The molecule has 0 aliphatic carbocycles. The number of methoxy groups -OCH3 is 1. The van der Waals surface area contributed by atoms with E-state index in [-0.39, 0.29) is 30.3 Å². The molecule has 120 valence electrons. The van der Waals surface area contributed by atoms with Gasteiger partial charge in [-0.05, 0) is 31.0 Å². The van der Waals surface area contributed by atoms with E-state index >= 15 is 0 Å². The van der Waals surface area contributed by atoms with Crippen LogP contribution in [0.4, 0.5) is 0 Å². The lowest BCUT2D eigenvalue weighted by Crippen LogP contribution is -2.29. The van der Waals surface area contributed by atoms with Gasteiger partial charge < -0.3 is 14.4 Å². The summed E-state index contributed by atoms with van der Waals surface area (Å²) in [6, 6.07) is 7.70. The molecule has 1 aliphatic heterocycles. The van der Waals surface area contributed by atoms with Crippen molar-refractivity contribution in [2.24, 2.45) is 5.92 Å². The van der Waals surface area contributed by atoms with Gasteiger partial charge in [-0.3, -0.25) is 9.59 Å². The summed E-state index contributed by atoms with van der Waals surface area (Å²) in [5, 5.41) is 0. The van der Waals surface area contributed by atoms with Crippen molar-refractivity contribution in [1.29, 1.82) is 0 Å². The number of esters is 1. The molecule has 2 rings (SSSR count). The summed E-state index contributed by atoms with van der Waals surface area (Å²) in [4.78, 5) is 25.5. The fourth-order valence-corrected chi connectivity index (χ4v) is 2.67. The predicted molar refractivity (Wildman–Crippen MR) is 82.5 cm³/mol. The van der Waals surface area contributed by atoms with Gasteiger partial charge in [0.25, 0.3) is 0 Å². The van der Waals surface area contributed by atoms with Gasteiger partial charge in [0.15, 0.2) is 0 Å². The first-order valence-electron chi connectivity index (χ1n) is 7.66. The molecule has 0 radical (unpaired) electrons. The van der Waals surface area contributed by atoms with Crippen molar-refractivity contribution in [2.75, 3.05) is 20.3 Å². The fraction of sp³-hybridized carbons (Fsp3) is 0.529. The van der Waals surface area contributed by atoms with Crippen LogP contribution in [0.3, 0.4) is 0 Å². The first-order valence-corrected chi connectivity index (χ1v) is 7.66. The molecule has 1 amide bonds. The van der Waals surface area contributed by atoms with Crippen LogP contribution in [0.5, 0.6) is 5.75 Å². The molecule has 0 aromatic heterocycles. The number of benzene rings is 1. The molecule has 5 nitrogen and oxygen atoms in total. The second kappa shape index (κ2) is 7.29. The van der Waals surface area contributed by atoms with Crippen LogP contribution in [-0.4, -0.2) is 37.0 Å². The summed E-state index contributed by atoms with van der Waals surface area (Å²) >= 11 is 0. The summed E-state index contributed by atoms with van der Waals surface area (Å²) in [5.41, 5.74) is 1.03. The molecule has 0 saturated carbocycles. The summed E-state index contributed by atoms with van der Waals surface area (Å²) in [6.07, 6.45) is 1.20. The minimum absolute atomic E-state index is 0.00536. The third-order valence-electron chi connectivity index (χ3n) is 4.00. The molecular formula is C17H23NO4. The molecule has 22 heavy (non-hydrogen) atoms. The molecule has 5 heteroatoms. The van der Waals surface area contributed by atoms with Crippen molar-refractivity contribution >= 4 is 11.9 Å². The van der Waals surface area contributed by atoms with Crippen molar-refractivity contribution < 1.29 is 19.1 Å². The van der Waals surface area contributed by atoms with Gasteiger partial charge in [-0.2, -0.15) is 0 Å². The van der Waals surface area contributed by atoms with Crippen molar-refractivity contribution in [3.05, 3.63) is 29.8 Å². The summed E-state index contributed by atoms with van der Waals surface area (Å²) < 4.78 is 10.3. The molecule has 0 spiro atoms. The predicted octanol–water partition coefficient (Wildman–Crippen LogP) is 2.56. The Kier molecular flexibility index (Phi) is 5.41. The lowest BCUT2D eigenvalue weighted by molar-refractivity contribution is -0.145. The molecule has 2 atom stereocenters. The van der Waals surface area contributed by atoms with Crippen molar-refractivity contribution in [1.82, 2.24) is 4.90 Å². The molecule has 1 fully saturated rings. The lowest BCUT2D eigenvalue weighted by Gasteiger charge is -2.25. The highest BCUT2D eigenvalue weighted by atomic mass is 16.5. The smallest absolute Gasteiger partial charge is 0.310 e. The number of hydrogen-bond donors (Lipinski definition) is 0. The normalized spacial score (nSPS) is 19.1. The minimum Gasteiger partial charge on any atom is -0.494 e. The number of carbonyl (C=O) groups excluding carboxylic acids is 2. The van der Waals surface area contributed by atoms with E-state index < -0.39 is 0 Å². The average molecular weight is 305 g/mol. The van der Waals surface area contributed by atoms with Crippen LogP contribution >= 0.6 is 0 Å². The lowest BCUT2D eigenvalue weighted by atomic mass is 10.1. The first-order chi connectivity index (χ1) is 10.6. The topological polar surface area (TPSA) is 55.8 Å². The van der Waals surface area contributed by atoms with Crippen molar-refractivity contribution in [3.63, 3.8) is 0 Å². The zero-order chi connectivity index (χ0) is 16.1. The Morgan fingerprint density at radius 3 is 2.64 bits per heavy atom. The van der Waals surface area contributed by atoms with E-state index in [1.54, 1.807) is 4.90 Å². The molecule has 1 saturated heterocycles. The highest BCUT2D eigenvalue weighted by molar-refractivity contribution is 5.87. The number of rotatable bonds is 6. The molecule has 0 bridgehead atoms. The molecule has 1 aromatic carbocycles. The molecule has 0 N–H and O–H groups in total. The first kappa shape index (κ1) is 16.3. The second-order valence-electron chi connectivity index (χ2n) is 5.56. The summed E-state index contributed by atoms with van der Waals surface area (Å²) in [7, 11) is 1.36. The van der Waals surface area contributed by atoms with Crippen LogP contribution in [0.1, 0.15) is 38.3 Å². The molecule has 1 aliphatic rings. The number of carbonyl (C=O) groups is 2. The van der Waals surface area contributed by atoms with Crippen LogP contribution in [0.25, 0.3) is 0 Å². The van der Waals surface area contributed by atoms with Gasteiger partial charge >= 0.3 is 5.97 Å². The Morgan fingerprint density at radius 2 is 2.05 bits per heavy atom. The average Bonchev–Trinajstić information content (AvgIpc) is 2.93. The van der Waals surface area contributed by atoms with E-state index in [1.807, 2.05) is 31.2 Å². The van der Waals surface area contributed by atoms with Crippen molar-refractivity contribution in [3.8, 4) is 5.75 Å². The Balaban J connectivity index is 2.03. The Labute approximate surface area is 131 Å². The maximum atomic E-state index is 12.1. The zero-order valence-corrected chi connectivity index (χ0v) is 13.4. The molecule has 1 aromatic rings. The van der Waals surface area contributed by atoms with Crippen LogP contribution in [-0.2, 0) is 14.3 Å². The monoisotopic (exact) mass is 305 g/mol. The zero-order valence-electron chi connectivity index (χ0n) is 13.4. The van der Waals surface area contributed by atoms with E-state index in [2.05, 4.69) is 6.92 Å². The van der Waals surface area contributed by atoms with Gasteiger partial charge in [0.2, 0.25) is 5.91 Å². The Bertz CT molecular complexity index is 526. The van der Waals surface area contributed by atoms with E-state index in [1.165, 1.54) is 7.11 Å². The Hall–Kier alpha value is -2.04. The number of likely N-dealkylation sites (tertiary alicyclic amines) is 1. The molecule has 1 heterocycles.